The van der Waals surface area contributed by atoms with Gasteiger partial charge in [0, 0.05) is 31.2 Å². The van der Waals surface area contributed by atoms with Gasteiger partial charge in [0.2, 0.25) is 5.91 Å². The monoisotopic (exact) mass is 288 g/mol. The molecule has 1 aliphatic heterocycles. The number of rotatable bonds is 4. The number of carbonyl (C=O) groups excluding carboxylic acids is 1. The molecule has 0 saturated carbocycles. The Balaban J connectivity index is 1.84. The average molecular weight is 288 g/mol. The minimum Gasteiger partial charge on any atom is -0.382 e. The molecule has 21 heavy (non-hydrogen) atoms. The second-order valence-electron chi connectivity index (χ2n) is 6.70. The lowest BCUT2D eigenvalue weighted by Crippen LogP contribution is -2.42. The van der Waals surface area contributed by atoms with E-state index in [2.05, 4.69) is 51.2 Å². The second kappa shape index (κ2) is 6.97. The second-order valence-corrected chi connectivity index (χ2v) is 6.70. The molecule has 1 fully saturated rings. The maximum absolute atomic E-state index is 12.1. The molecule has 1 aliphatic rings. The van der Waals surface area contributed by atoms with Crippen molar-refractivity contribution in [1.29, 1.82) is 0 Å². The van der Waals surface area contributed by atoms with Crippen LogP contribution in [-0.4, -0.2) is 29.9 Å². The molecular formula is C18H28N2O. The van der Waals surface area contributed by atoms with Gasteiger partial charge in [0.05, 0.1) is 0 Å². The number of benzene rings is 1. The van der Waals surface area contributed by atoms with Crippen molar-refractivity contribution in [1.82, 2.24) is 4.90 Å². The number of carbonyl (C=O) groups is 1. The van der Waals surface area contributed by atoms with E-state index < -0.39 is 0 Å². The van der Waals surface area contributed by atoms with Gasteiger partial charge in [0.1, 0.15) is 0 Å². The van der Waals surface area contributed by atoms with Crippen molar-refractivity contribution >= 4 is 11.6 Å². The Bertz CT molecular complexity index is 488. The smallest absolute Gasteiger partial charge is 0.222 e. The molecule has 0 aromatic heterocycles. The Hall–Kier alpha value is -1.51. The Morgan fingerprint density at radius 1 is 1.24 bits per heavy atom. The van der Waals surface area contributed by atoms with E-state index in [0.29, 0.717) is 24.3 Å². The molecule has 0 spiro atoms. The first-order valence-corrected chi connectivity index (χ1v) is 8.07. The van der Waals surface area contributed by atoms with Gasteiger partial charge in [-0.15, -0.1) is 0 Å². The molecule has 0 atom stereocenters. The van der Waals surface area contributed by atoms with Crippen LogP contribution in [-0.2, 0) is 4.79 Å². The van der Waals surface area contributed by atoms with Crippen molar-refractivity contribution in [2.75, 3.05) is 18.4 Å². The summed E-state index contributed by atoms with van der Waals surface area (Å²) >= 11 is 0. The summed E-state index contributed by atoms with van der Waals surface area (Å²) in [6.07, 6.45) is 2.75. The number of aryl methyl sites for hydroxylation is 2. The number of nitrogens with zero attached hydrogens (tertiary/aromatic N) is 1. The van der Waals surface area contributed by atoms with E-state index in [1.807, 2.05) is 4.90 Å². The molecule has 3 heteroatoms. The van der Waals surface area contributed by atoms with Crippen LogP contribution in [0.25, 0.3) is 0 Å². The lowest BCUT2D eigenvalue weighted by molar-refractivity contribution is -0.132. The third kappa shape index (κ3) is 4.48. The molecule has 1 amide bonds. The number of anilines is 1. The van der Waals surface area contributed by atoms with E-state index in [4.69, 9.17) is 0 Å². The van der Waals surface area contributed by atoms with Crippen molar-refractivity contribution in [3.8, 4) is 0 Å². The van der Waals surface area contributed by atoms with Gasteiger partial charge in [-0.1, -0.05) is 19.9 Å². The van der Waals surface area contributed by atoms with Crippen LogP contribution in [0.3, 0.4) is 0 Å². The third-order valence-electron chi connectivity index (χ3n) is 4.31. The van der Waals surface area contributed by atoms with E-state index in [0.717, 1.165) is 25.9 Å². The summed E-state index contributed by atoms with van der Waals surface area (Å²) in [7, 11) is 0. The minimum atomic E-state index is 0.314. The summed E-state index contributed by atoms with van der Waals surface area (Å²) in [6.45, 7) is 10.3. The van der Waals surface area contributed by atoms with E-state index in [-0.39, 0.29) is 0 Å². The lowest BCUT2D eigenvalue weighted by atomic mass is 10.0. The SMILES string of the molecule is Cc1ccc(NC2CCN(C(=O)CC(C)C)CC2)cc1C. The summed E-state index contributed by atoms with van der Waals surface area (Å²) in [5.74, 6) is 0.763. The Labute approximate surface area is 128 Å². The predicted molar refractivity (Wildman–Crippen MR) is 88.6 cm³/mol. The van der Waals surface area contributed by atoms with Crippen LogP contribution in [0.15, 0.2) is 18.2 Å². The first-order valence-electron chi connectivity index (χ1n) is 8.07. The van der Waals surface area contributed by atoms with E-state index in [1.54, 1.807) is 0 Å². The van der Waals surface area contributed by atoms with E-state index >= 15 is 0 Å². The molecule has 1 saturated heterocycles. The number of likely N-dealkylation sites (tertiary alicyclic amines) is 1. The predicted octanol–water partition coefficient (Wildman–Crippen LogP) is 3.75. The highest BCUT2D eigenvalue weighted by molar-refractivity contribution is 5.76. The van der Waals surface area contributed by atoms with Gasteiger partial charge in [0.25, 0.3) is 0 Å². The van der Waals surface area contributed by atoms with Crippen LogP contribution in [0.2, 0.25) is 0 Å². The molecular weight excluding hydrogens is 260 g/mol. The Kier molecular flexibility index (Phi) is 5.27. The van der Waals surface area contributed by atoms with Crippen LogP contribution in [0.1, 0.15) is 44.2 Å². The lowest BCUT2D eigenvalue weighted by Gasteiger charge is -2.33. The van der Waals surface area contributed by atoms with Gasteiger partial charge in [-0.25, -0.2) is 0 Å². The third-order valence-corrected chi connectivity index (χ3v) is 4.31. The molecule has 1 heterocycles. The van der Waals surface area contributed by atoms with Crippen LogP contribution in [0, 0.1) is 19.8 Å². The van der Waals surface area contributed by atoms with Crippen molar-refractivity contribution < 1.29 is 4.79 Å². The largest absolute Gasteiger partial charge is 0.382 e. The molecule has 116 valence electrons. The molecule has 0 aliphatic carbocycles. The number of hydrogen-bond acceptors (Lipinski definition) is 2. The number of piperidine rings is 1. The van der Waals surface area contributed by atoms with Gasteiger partial charge in [-0.05, 0) is 55.9 Å². The Morgan fingerprint density at radius 2 is 1.90 bits per heavy atom. The first-order chi connectivity index (χ1) is 9.95. The van der Waals surface area contributed by atoms with Crippen molar-refractivity contribution in [3.05, 3.63) is 29.3 Å². The van der Waals surface area contributed by atoms with Crippen molar-refractivity contribution in [3.63, 3.8) is 0 Å². The van der Waals surface area contributed by atoms with E-state index in [9.17, 15) is 4.79 Å². The Morgan fingerprint density at radius 3 is 2.48 bits per heavy atom. The molecule has 0 unspecified atom stereocenters. The minimum absolute atomic E-state index is 0.314. The molecule has 0 radical (unpaired) electrons. The van der Waals surface area contributed by atoms with Crippen molar-refractivity contribution in [2.24, 2.45) is 5.92 Å². The summed E-state index contributed by atoms with van der Waals surface area (Å²) in [4.78, 5) is 14.1. The number of nitrogens with one attached hydrogen (secondary N) is 1. The molecule has 1 aromatic carbocycles. The van der Waals surface area contributed by atoms with Crippen molar-refractivity contribution in [2.45, 2.75) is 53.0 Å². The highest BCUT2D eigenvalue weighted by Gasteiger charge is 2.22. The fourth-order valence-electron chi connectivity index (χ4n) is 2.82. The molecule has 3 nitrogen and oxygen atoms in total. The summed E-state index contributed by atoms with van der Waals surface area (Å²) in [6, 6.07) is 7.01. The van der Waals surface area contributed by atoms with Crippen LogP contribution in [0.5, 0.6) is 0 Å². The van der Waals surface area contributed by atoms with E-state index in [1.165, 1.54) is 16.8 Å². The molecule has 2 rings (SSSR count). The number of amides is 1. The topological polar surface area (TPSA) is 32.3 Å². The first kappa shape index (κ1) is 15.9. The van der Waals surface area contributed by atoms with Crippen LogP contribution in [0.4, 0.5) is 5.69 Å². The van der Waals surface area contributed by atoms with Gasteiger partial charge in [-0.3, -0.25) is 4.79 Å². The van der Waals surface area contributed by atoms with Crippen LogP contribution < -0.4 is 5.32 Å². The van der Waals surface area contributed by atoms with Gasteiger partial charge >= 0.3 is 0 Å². The molecule has 1 aromatic rings. The van der Waals surface area contributed by atoms with Crippen LogP contribution >= 0.6 is 0 Å². The van der Waals surface area contributed by atoms with Gasteiger partial charge in [-0.2, -0.15) is 0 Å². The highest BCUT2D eigenvalue weighted by atomic mass is 16.2. The number of hydrogen-bond donors (Lipinski definition) is 1. The maximum atomic E-state index is 12.1. The average Bonchev–Trinajstić information content (AvgIpc) is 2.43. The summed E-state index contributed by atoms with van der Waals surface area (Å²) in [5, 5.41) is 3.61. The fraction of sp³-hybridized carbons (Fsp3) is 0.611. The summed E-state index contributed by atoms with van der Waals surface area (Å²) in [5.41, 5.74) is 3.85. The molecule has 0 bridgehead atoms. The van der Waals surface area contributed by atoms with Gasteiger partial charge in [0.15, 0.2) is 0 Å². The quantitative estimate of drug-likeness (QED) is 0.915. The fourth-order valence-corrected chi connectivity index (χ4v) is 2.82. The molecule has 1 N–H and O–H groups in total. The standard InChI is InChI=1S/C18H28N2O/c1-13(2)11-18(21)20-9-7-16(8-10-20)19-17-6-5-14(3)15(4)12-17/h5-6,12-13,16,19H,7-11H2,1-4H3. The zero-order valence-corrected chi connectivity index (χ0v) is 13.8. The normalized spacial score (nSPS) is 16.3. The maximum Gasteiger partial charge on any atom is 0.222 e. The van der Waals surface area contributed by atoms with Gasteiger partial charge < -0.3 is 10.2 Å². The summed E-state index contributed by atoms with van der Waals surface area (Å²) < 4.78 is 0. The highest BCUT2D eigenvalue weighted by Crippen LogP contribution is 2.20. The zero-order chi connectivity index (χ0) is 15.4. The zero-order valence-electron chi connectivity index (χ0n) is 13.8.